The minimum Gasteiger partial charge on any atom is -0.629 e. The second-order valence-electron chi connectivity index (χ2n) is 11.1. The molecule has 0 aliphatic carbocycles. The number of aliphatic hydroxyl groups is 1. The van der Waals surface area contributed by atoms with E-state index < -0.39 is 28.7 Å². The monoisotopic (exact) mass is 463 g/mol. The molecule has 0 spiro atoms. The van der Waals surface area contributed by atoms with E-state index in [-0.39, 0.29) is 23.3 Å². The van der Waals surface area contributed by atoms with Crippen LogP contribution in [-0.4, -0.2) is 51.0 Å². The van der Waals surface area contributed by atoms with E-state index in [0.29, 0.717) is 41.2 Å². The smallest absolute Gasteiger partial charge is 0.274 e. The van der Waals surface area contributed by atoms with Crippen molar-refractivity contribution in [2.45, 2.75) is 63.8 Å². The van der Waals surface area contributed by atoms with Crippen LogP contribution in [-0.2, 0) is 15.2 Å². The van der Waals surface area contributed by atoms with Gasteiger partial charge in [0.15, 0.2) is 5.60 Å². The molecule has 0 bridgehead atoms. The Morgan fingerprint density at radius 1 is 1.18 bits per heavy atom. The number of hydrogen-bond donors (Lipinski definition) is 2. The van der Waals surface area contributed by atoms with Crippen molar-refractivity contribution in [2.75, 3.05) is 6.54 Å². The third-order valence-corrected chi connectivity index (χ3v) is 7.92. The quantitative estimate of drug-likeness (QED) is 0.571. The maximum atomic E-state index is 14.0. The van der Waals surface area contributed by atoms with E-state index in [9.17, 15) is 19.9 Å². The molecule has 6 rings (SSSR count). The van der Waals surface area contributed by atoms with Crippen LogP contribution in [0.2, 0.25) is 0 Å². The first-order valence-electron chi connectivity index (χ1n) is 11.8. The van der Waals surface area contributed by atoms with Crippen molar-refractivity contribution < 1.29 is 24.5 Å². The van der Waals surface area contributed by atoms with E-state index in [1.54, 1.807) is 30.5 Å². The van der Waals surface area contributed by atoms with Crippen LogP contribution in [0.1, 0.15) is 51.7 Å². The highest BCUT2D eigenvalue weighted by Crippen LogP contribution is 2.51. The van der Waals surface area contributed by atoms with Gasteiger partial charge in [0.05, 0.1) is 11.1 Å². The molecular formula is C26H29N3O5. The van der Waals surface area contributed by atoms with E-state index in [4.69, 9.17) is 4.74 Å². The van der Waals surface area contributed by atoms with Crippen LogP contribution in [0.25, 0.3) is 6.08 Å². The van der Waals surface area contributed by atoms with Crippen molar-refractivity contribution in [1.29, 1.82) is 0 Å². The fourth-order valence-electron chi connectivity index (χ4n) is 6.37. The summed E-state index contributed by atoms with van der Waals surface area (Å²) in [6.45, 7) is 8.13. The molecule has 4 atom stereocenters. The summed E-state index contributed by atoms with van der Waals surface area (Å²) in [6.07, 6.45) is 9.60. The first-order valence-corrected chi connectivity index (χ1v) is 11.8. The molecule has 34 heavy (non-hydrogen) atoms. The number of carbonyl (C=O) groups is 2. The zero-order valence-corrected chi connectivity index (χ0v) is 19.8. The number of amides is 2. The van der Waals surface area contributed by atoms with Gasteiger partial charge in [-0.05, 0) is 44.6 Å². The van der Waals surface area contributed by atoms with Gasteiger partial charge in [-0.1, -0.05) is 26.0 Å². The van der Waals surface area contributed by atoms with Gasteiger partial charge in [-0.15, -0.1) is 0 Å². The highest BCUT2D eigenvalue weighted by molar-refractivity contribution is 6.05. The summed E-state index contributed by atoms with van der Waals surface area (Å²) in [5.74, 6) is 0.136. The lowest BCUT2D eigenvalue weighted by molar-refractivity contribution is -0.818. The number of fused-ring (bicyclic) bond motifs is 7. The van der Waals surface area contributed by atoms with Gasteiger partial charge in [-0.3, -0.25) is 9.59 Å². The normalized spacial score (nSPS) is 34.3. The van der Waals surface area contributed by atoms with Gasteiger partial charge in [-0.25, -0.2) is 0 Å². The third kappa shape index (κ3) is 2.70. The van der Waals surface area contributed by atoms with E-state index in [2.05, 4.69) is 0 Å². The predicted molar refractivity (Wildman–Crippen MR) is 124 cm³/mol. The number of piperazine rings is 1. The molecule has 1 aromatic carbocycles. The number of nitrogens with one attached hydrogen (secondary N) is 1. The Kier molecular flexibility index (Phi) is 4.18. The first kappa shape index (κ1) is 21.6. The van der Waals surface area contributed by atoms with Gasteiger partial charge < -0.3 is 29.9 Å². The van der Waals surface area contributed by atoms with Crippen molar-refractivity contribution in [2.24, 2.45) is 5.41 Å². The third-order valence-electron chi connectivity index (χ3n) is 7.92. The van der Waals surface area contributed by atoms with E-state index in [0.717, 1.165) is 0 Å². The second kappa shape index (κ2) is 6.59. The van der Waals surface area contributed by atoms with Gasteiger partial charge in [-0.2, -0.15) is 0 Å². The van der Waals surface area contributed by atoms with E-state index >= 15 is 0 Å². The summed E-state index contributed by atoms with van der Waals surface area (Å²) in [5.41, 5.74) is -0.880. The molecule has 0 radical (unpaired) electrons. The minimum absolute atomic E-state index is 0.0482. The largest absolute Gasteiger partial charge is 0.629 e. The molecule has 178 valence electrons. The number of rotatable bonds is 0. The van der Waals surface area contributed by atoms with Crippen LogP contribution in [0.4, 0.5) is 5.69 Å². The fraction of sp³-hybridized carbons (Fsp3) is 0.462. The molecule has 8 heteroatoms. The van der Waals surface area contributed by atoms with Crippen molar-refractivity contribution in [3.63, 3.8) is 0 Å². The maximum absolute atomic E-state index is 14.0. The fourth-order valence-corrected chi connectivity index (χ4v) is 6.37. The molecule has 5 aliphatic rings. The Morgan fingerprint density at radius 2 is 1.94 bits per heavy atom. The van der Waals surface area contributed by atoms with Crippen LogP contribution in [0, 0.1) is 10.6 Å². The number of benzene rings is 1. The standard InChI is InChI=1S/C26H29N3O5/c1-24(2)11-13-28-18(22(31)27-12-5-6-17(27)21(28)30)14-26(32)16-7-8-19-15(9-10-25(3,4)34-19)20(16)29(33)23(24)26/h6-11,13,18,23,29,32H,5,12,14H2,1-4H3. The number of quaternary nitrogens is 1. The van der Waals surface area contributed by atoms with Crippen LogP contribution in [0.5, 0.6) is 5.75 Å². The number of carbonyl (C=O) groups excluding carboxylic acids is 2. The first-order chi connectivity index (χ1) is 15.9. The zero-order valence-electron chi connectivity index (χ0n) is 19.8. The highest BCUT2D eigenvalue weighted by Gasteiger charge is 2.62. The molecule has 8 nitrogen and oxygen atoms in total. The summed E-state index contributed by atoms with van der Waals surface area (Å²) in [5, 5.41) is 26.1. The van der Waals surface area contributed by atoms with Gasteiger partial charge in [0.1, 0.15) is 34.8 Å². The molecule has 2 N–H and O–H groups in total. The topological polar surface area (TPSA) is 97.6 Å². The van der Waals surface area contributed by atoms with Crippen molar-refractivity contribution in [3.8, 4) is 5.75 Å². The molecule has 5 aliphatic heterocycles. The lowest BCUT2D eigenvalue weighted by Crippen LogP contribution is -3.08. The molecule has 4 unspecified atom stereocenters. The Hall–Kier alpha value is -2.94. The number of hydrogen-bond acceptors (Lipinski definition) is 5. The molecule has 2 amide bonds. The van der Waals surface area contributed by atoms with Crippen LogP contribution < -0.4 is 9.80 Å². The second-order valence-corrected chi connectivity index (χ2v) is 11.1. The zero-order chi connectivity index (χ0) is 24.2. The van der Waals surface area contributed by atoms with Crippen LogP contribution >= 0.6 is 0 Å². The molecule has 0 saturated carbocycles. The Balaban J connectivity index is 1.53. The van der Waals surface area contributed by atoms with Gasteiger partial charge in [0.25, 0.3) is 5.91 Å². The molecule has 1 fully saturated rings. The Bertz CT molecular complexity index is 1230. The summed E-state index contributed by atoms with van der Waals surface area (Å²) >= 11 is 0. The maximum Gasteiger partial charge on any atom is 0.274 e. The average molecular weight is 464 g/mol. The number of nitrogens with zero attached hydrogens (tertiary/aromatic N) is 2. The molecular weight excluding hydrogens is 434 g/mol. The van der Waals surface area contributed by atoms with Crippen molar-refractivity contribution >= 4 is 23.6 Å². The lowest BCUT2D eigenvalue weighted by atomic mass is 9.70. The molecule has 5 heterocycles. The Labute approximate surface area is 198 Å². The summed E-state index contributed by atoms with van der Waals surface area (Å²) < 4.78 is 6.09. The van der Waals surface area contributed by atoms with Crippen LogP contribution in [0.15, 0.2) is 42.3 Å². The minimum atomic E-state index is -1.61. The Morgan fingerprint density at radius 3 is 2.71 bits per heavy atom. The van der Waals surface area contributed by atoms with E-state index in [1.807, 2.05) is 39.8 Å². The van der Waals surface area contributed by atoms with Gasteiger partial charge in [0.2, 0.25) is 5.91 Å². The van der Waals surface area contributed by atoms with Crippen molar-refractivity contribution in [1.82, 2.24) is 9.80 Å². The van der Waals surface area contributed by atoms with E-state index in [1.165, 1.54) is 9.80 Å². The number of ether oxygens (including phenoxy) is 1. The molecule has 1 aromatic rings. The summed E-state index contributed by atoms with van der Waals surface area (Å²) in [4.78, 5) is 29.7. The average Bonchev–Trinajstić information content (AvgIpc) is 3.32. The summed E-state index contributed by atoms with van der Waals surface area (Å²) in [7, 11) is 0. The number of hydroxylamine groups is 1. The molecule has 0 aromatic heterocycles. The van der Waals surface area contributed by atoms with Crippen molar-refractivity contribution in [3.05, 3.63) is 58.6 Å². The lowest BCUT2D eigenvalue weighted by Gasteiger charge is -2.47. The van der Waals surface area contributed by atoms with Crippen LogP contribution in [0.3, 0.4) is 0 Å². The van der Waals surface area contributed by atoms with Gasteiger partial charge >= 0.3 is 0 Å². The molecule has 1 saturated heterocycles. The summed E-state index contributed by atoms with van der Waals surface area (Å²) in [6, 6.07) is 1.86. The van der Waals surface area contributed by atoms with Gasteiger partial charge in [0, 0.05) is 24.6 Å². The SMILES string of the molecule is CC1(C)C=Cc2c(ccc3c2[NH+]([O-])C2C(C)(C)C=CN4C(=O)C5=CCCN5C(=O)C4CC32O)O1. The predicted octanol–water partition coefficient (Wildman–Crippen LogP) is 1.73. The highest BCUT2D eigenvalue weighted by atomic mass is 16.5.